The van der Waals surface area contributed by atoms with Crippen molar-refractivity contribution >= 4 is 32.6 Å². The van der Waals surface area contributed by atoms with E-state index in [0.29, 0.717) is 43.7 Å². The molecule has 1 aliphatic rings. The number of rotatable bonds is 33. The second kappa shape index (κ2) is 53.4. The molecule has 81 heavy (non-hydrogen) atoms. The lowest BCUT2D eigenvalue weighted by molar-refractivity contribution is -0.120. The molecule has 3 heterocycles. The molecule has 3 unspecified atom stereocenters. The molecule has 0 aliphatic carbocycles. The van der Waals surface area contributed by atoms with Gasteiger partial charge in [-0.25, -0.2) is 13.2 Å². The van der Waals surface area contributed by atoms with Crippen LogP contribution < -0.4 is 16.0 Å². The lowest BCUT2D eigenvalue weighted by Gasteiger charge is -2.23. The Balaban J connectivity index is 0.000000952. The van der Waals surface area contributed by atoms with Crippen LogP contribution in [0.25, 0.3) is 0 Å². The summed E-state index contributed by atoms with van der Waals surface area (Å²) in [6, 6.07) is 31.3. The molecule has 3 amide bonds. The van der Waals surface area contributed by atoms with Crippen molar-refractivity contribution in [2.24, 2.45) is 0 Å². The number of hydrogen-bond donors (Lipinski definition) is 6. The van der Waals surface area contributed by atoms with Crippen LogP contribution in [0, 0.1) is 0 Å². The Kier molecular flexibility index (Phi) is 50.3. The maximum atomic E-state index is 11.5. The molecule has 16 nitrogen and oxygen atoms in total. The number of nitrogens with zero attached hydrogens (tertiary/aromatic N) is 3. The van der Waals surface area contributed by atoms with Gasteiger partial charge in [-0.05, 0) is 100 Å². The number of hydrogen-bond acceptors (Lipinski definition) is 13. The molecule has 18 heteroatoms. The monoisotopic (exact) mass is 1170 g/mol. The Morgan fingerprint density at radius 2 is 1.19 bits per heavy atom. The van der Waals surface area contributed by atoms with E-state index in [-0.39, 0.29) is 42.8 Å². The minimum absolute atomic E-state index is 0.0633. The number of carbonyl (C=O) groups is 2. The molecule has 0 bridgehead atoms. The Morgan fingerprint density at radius 1 is 0.667 bits per heavy atom. The number of amides is 3. The minimum Gasteiger partial charge on any atom is -0.394 e. The van der Waals surface area contributed by atoms with Crippen LogP contribution in [0.15, 0.2) is 109 Å². The number of urea groups is 1. The van der Waals surface area contributed by atoms with E-state index in [1.165, 1.54) is 12.8 Å². The van der Waals surface area contributed by atoms with Crippen molar-refractivity contribution in [3.05, 3.63) is 132 Å². The molecule has 0 spiro atoms. The fraction of sp³-hybridized carbons (Fsp3) is 0.619. The van der Waals surface area contributed by atoms with Crippen molar-refractivity contribution < 1.29 is 47.0 Å². The SMILES string of the molecule is CCCCNC(=O)Cc1ccccc1.CCCCNC(=O)NCc1ccccc1.CCCCOCC(O)CN1CCC[C@H]1C.CCCCOCC(O)CO.CCCCS(=O)(=O)Cc1ccccn1.CCCCS(=O)Cc1ccccn1. The van der Waals surface area contributed by atoms with Gasteiger partial charge in [0, 0.05) is 74.4 Å². The number of carbonyl (C=O) groups excluding carboxylic acids is 2. The molecule has 0 radical (unpaired) electrons. The first-order valence-electron chi connectivity index (χ1n) is 29.7. The number of ether oxygens (including phenoxy) is 2. The third-order valence-electron chi connectivity index (χ3n) is 12.1. The Labute approximate surface area is 491 Å². The molecule has 0 saturated carbocycles. The summed E-state index contributed by atoms with van der Waals surface area (Å²) in [6.07, 6.45) is 17.8. The van der Waals surface area contributed by atoms with Crippen LogP contribution in [0.3, 0.4) is 0 Å². The van der Waals surface area contributed by atoms with Gasteiger partial charge in [-0.1, -0.05) is 153 Å². The fourth-order valence-electron chi connectivity index (χ4n) is 7.21. The molecule has 2 aromatic carbocycles. The molecule has 4 aromatic rings. The predicted octanol–water partition coefficient (Wildman–Crippen LogP) is 10.2. The molecular formula is C63H106N6O10S2. The minimum atomic E-state index is -2.96. The summed E-state index contributed by atoms with van der Waals surface area (Å²) in [4.78, 5) is 33.1. The number of benzene rings is 2. The lowest BCUT2D eigenvalue weighted by atomic mass is 10.1. The zero-order valence-corrected chi connectivity index (χ0v) is 52.1. The highest BCUT2D eigenvalue weighted by Crippen LogP contribution is 2.16. The summed E-state index contributed by atoms with van der Waals surface area (Å²) in [5.74, 6) is 1.84. The standard InChI is InChI=1S/C12H18N2O.C12H25NO2.C12H17NO.C10H15NO2S.C10H15NOS.C7H16O3/c1-2-3-9-13-12(15)14-10-11-7-5-4-6-8-11;1-3-4-8-15-10-12(14)9-13-7-5-6-11(13)2;1-2-3-9-13-12(14)10-11-7-5-4-6-8-11;1-2-3-8-14(12,13)9-10-6-4-5-7-11-10;1-2-3-8-13(12)9-10-6-4-5-7-11-10;1-2-3-4-10-6-7(9)5-8/h4-8H,2-3,9-10H2,1H3,(H2,13,14,15);11-12,14H,3-10H2,1-2H3;4-8H,2-3,9-10H2,1H3,(H,13,14);4-7H,2-3,8-9H2,1H3;4-7H,2-3,8-9H2,1H3;7-9H,2-6H2,1H3/t;11-,12?;;;;/m.1..../s1. The summed E-state index contributed by atoms with van der Waals surface area (Å²) >= 11 is 0. The van der Waals surface area contributed by atoms with Crippen molar-refractivity contribution in [2.75, 3.05) is 70.7 Å². The van der Waals surface area contributed by atoms with Gasteiger partial charge in [0.15, 0.2) is 9.84 Å². The molecule has 4 atom stereocenters. The molecule has 6 N–H and O–H groups in total. The van der Waals surface area contributed by atoms with Gasteiger partial charge in [-0.2, -0.15) is 0 Å². The summed E-state index contributed by atoms with van der Waals surface area (Å²) in [7, 11) is -3.69. The lowest BCUT2D eigenvalue weighted by Crippen LogP contribution is -2.36. The zero-order chi connectivity index (χ0) is 60.0. The van der Waals surface area contributed by atoms with Crippen LogP contribution in [0.1, 0.15) is 161 Å². The van der Waals surface area contributed by atoms with E-state index < -0.39 is 26.7 Å². The topological polar surface area (TPSA) is 230 Å². The van der Waals surface area contributed by atoms with Gasteiger partial charge in [0.2, 0.25) is 5.91 Å². The van der Waals surface area contributed by atoms with Crippen LogP contribution in [-0.2, 0) is 59.4 Å². The number of aromatic nitrogens is 2. The number of pyridine rings is 2. The van der Waals surface area contributed by atoms with Crippen LogP contribution in [0.4, 0.5) is 4.79 Å². The van der Waals surface area contributed by atoms with Crippen LogP contribution in [-0.4, -0.2) is 144 Å². The molecule has 460 valence electrons. The van der Waals surface area contributed by atoms with E-state index in [1.807, 2.05) is 85.8 Å². The quantitative estimate of drug-likeness (QED) is 0.0244. The van der Waals surface area contributed by atoms with Gasteiger partial charge in [0.1, 0.15) is 6.10 Å². The first-order valence-corrected chi connectivity index (χ1v) is 33.1. The first kappa shape index (κ1) is 76.3. The average molecular weight is 1170 g/mol. The van der Waals surface area contributed by atoms with Crippen molar-refractivity contribution in [3.63, 3.8) is 0 Å². The van der Waals surface area contributed by atoms with Crippen molar-refractivity contribution in [3.8, 4) is 0 Å². The van der Waals surface area contributed by atoms with Crippen molar-refractivity contribution in [1.82, 2.24) is 30.8 Å². The highest BCUT2D eigenvalue weighted by Gasteiger charge is 2.22. The van der Waals surface area contributed by atoms with Gasteiger partial charge < -0.3 is 40.7 Å². The number of likely N-dealkylation sites (tertiary alicyclic amines) is 1. The number of nitrogens with one attached hydrogen (secondary N) is 3. The van der Waals surface area contributed by atoms with Gasteiger partial charge in [-0.3, -0.25) is 23.9 Å². The Hall–Kier alpha value is -4.66. The smallest absolute Gasteiger partial charge is 0.315 e. The summed E-state index contributed by atoms with van der Waals surface area (Å²) in [5, 5.41) is 35.4. The third kappa shape index (κ3) is 47.5. The average Bonchev–Trinajstić information content (AvgIpc) is 3.88. The van der Waals surface area contributed by atoms with E-state index in [9.17, 15) is 27.3 Å². The maximum Gasteiger partial charge on any atom is 0.315 e. The number of aliphatic hydroxyl groups is 3. The first-order chi connectivity index (χ1) is 39.2. The number of sulfone groups is 1. The summed E-state index contributed by atoms with van der Waals surface area (Å²) in [6.45, 7) is 20.8. The third-order valence-corrected chi connectivity index (χ3v) is 15.1. The van der Waals surface area contributed by atoms with E-state index in [1.54, 1.807) is 30.6 Å². The predicted molar refractivity (Wildman–Crippen MR) is 333 cm³/mol. The fourth-order valence-corrected chi connectivity index (χ4v) is 9.96. The molecule has 5 rings (SSSR count). The molecule has 1 saturated heterocycles. The highest BCUT2D eigenvalue weighted by atomic mass is 32.2. The zero-order valence-electron chi connectivity index (χ0n) is 50.5. The number of aliphatic hydroxyl groups excluding tert-OH is 3. The largest absolute Gasteiger partial charge is 0.394 e. The molecule has 1 fully saturated rings. The van der Waals surface area contributed by atoms with Gasteiger partial charge >= 0.3 is 6.03 Å². The van der Waals surface area contributed by atoms with Gasteiger partial charge in [-0.15, -0.1) is 0 Å². The van der Waals surface area contributed by atoms with E-state index in [0.717, 1.165) is 132 Å². The van der Waals surface area contributed by atoms with Crippen molar-refractivity contribution in [2.45, 2.75) is 181 Å². The van der Waals surface area contributed by atoms with E-state index in [2.05, 4.69) is 72.4 Å². The summed E-state index contributed by atoms with van der Waals surface area (Å²) < 4.78 is 44.9. The van der Waals surface area contributed by atoms with Crippen LogP contribution in [0.5, 0.6) is 0 Å². The normalized spacial score (nSPS) is 13.7. The Bertz CT molecular complexity index is 2170. The number of β-amino-alcohol motifs (C(OH)–C–C–N with tert-alkyl or cyclic N) is 1. The second-order valence-electron chi connectivity index (χ2n) is 19.9. The molecule has 1 aliphatic heterocycles. The Morgan fingerprint density at radius 3 is 1.69 bits per heavy atom. The van der Waals surface area contributed by atoms with Crippen LogP contribution in [0.2, 0.25) is 0 Å². The van der Waals surface area contributed by atoms with Crippen molar-refractivity contribution in [1.29, 1.82) is 0 Å². The van der Waals surface area contributed by atoms with E-state index in [4.69, 9.17) is 19.7 Å². The van der Waals surface area contributed by atoms with Crippen LogP contribution >= 0.6 is 0 Å². The molecular weight excluding hydrogens is 1060 g/mol. The summed E-state index contributed by atoms with van der Waals surface area (Å²) in [5.41, 5.74) is 3.74. The van der Waals surface area contributed by atoms with E-state index >= 15 is 0 Å². The highest BCUT2D eigenvalue weighted by molar-refractivity contribution is 7.90. The second-order valence-corrected chi connectivity index (χ2v) is 23.6. The number of unbranched alkanes of at least 4 members (excludes halogenated alkanes) is 6. The molecule has 2 aromatic heterocycles. The van der Waals surface area contributed by atoms with Gasteiger partial charge in [0.05, 0.1) is 61.0 Å². The van der Waals surface area contributed by atoms with Gasteiger partial charge in [0.25, 0.3) is 0 Å². The maximum absolute atomic E-state index is 11.5.